The summed E-state index contributed by atoms with van der Waals surface area (Å²) in [6.45, 7) is 6.03. The Bertz CT molecular complexity index is 1180. The number of nitriles is 1. The minimum atomic E-state index is -3.60. The van der Waals surface area contributed by atoms with Crippen molar-refractivity contribution in [3.8, 4) is 6.07 Å². The first-order valence-electron chi connectivity index (χ1n) is 15.7. The van der Waals surface area contributed by atoms with Crippen molar-refractivity contribution >= 4 is 16.0 Å². The Balaban J connectivity index is 1.42. The molecule has 0 radical (unpaired) electrons. The first kappa shape index (κ1) is 29.6. The molecule has 4 atom stereocenters. The van der Waals surface area contributed by atoms with Crippen molar-refractivity contribution in [2.75, 3.05) is 5.75 Å². The zero-order valence-corrected chi connectivity index (χ0v) is 25.6. The van der Waals surface area contributed by atoms with Gasteiger partial charge in [0, 0.05) is 23.9 Å². The molecule has 0 N–H and O–H groups in total. The number of carbonyl (C=O) groups is 1. The molecule has 4 aliphatic rings. The number of ether oxygens (including phenoxy) is 1. The molecule has 0 aromatic heterocycles. The van der Waals surface area contributed by atoms with E-state index in [1.165, 1.54) is 12.8 Å². The molecule has 4 fully saturated rings. The number of hydrogen-bond donors (Lipinski definition) is 0. The number of sulfonamides is 1. The molecule has 4 aliphatic carbocycles. The molecule has 1 aromatic carbocycles. The second-order valence-electron chi connectivity index (χ2n) is 14.0. The van der Waals surface area contributed by atoms with Gasteiger partial charge in [-0.05, 0) is 68.8 Å². The van der Waals surface area contributed by atoms with E-state index in [1.54, 1.807) is 6.92 Å². The lowest BCUT2D eigenvalue weighted by Crippen LogP contribution is -2.55. The Morgan fingerprint density at radius 1 is 1.00 bits per heavy atom. The third kappa shape index (κ3) is 5.36. The zero-order chi connectivity index (χ0) is 28.6. The van der Waals surface area contributed by atoms with E-state index in [0.717, 1.165) is 69.8 Å². The van der Waals surface area contributed by atoms with Crippen LogP contribution in [0.4, 0.5) is 0 Å². The average Bonchev–Trinajstić information content (AvgIpc) is 3.29. The SMILES string of the molecule is CC1(C)[C@@H]2CC[C@@]1(CS(=O)(=O)N(C1CCCCC1)C1CCCCC1)[C@H](OC(=O)[C@@](C)(C#N)Cc1ccccc1)C2. The molecule has 40 heavy (non-hydrogen) atoms. The smallest absolute Gasteiger partial charge is 0.326 e. The summed E-state index contributed by atoms with van der Waals surface area (Å²) >= 11 is 0. The molecule has 7 heteroatoms. The van der Waals surface area contributed by atoms with Gasteiger partial charge < -0.3 is 4.74 Å². The fourth-order valence-corrected chi connectivity index (χ4v) is 11.6. The van der Waals surface area contributed by atoms with Gasteiger partial charge in [0.25, 0.3) is 0 Å². The summed E-state index contributed by atoms with van der Waals surface area (Å²) in [6, 6.07) is 12.0. The van der Waals surface area contributed by atoms with Gasteiger partial charge in [-0.1, -0.05) is 82.7 Å². The van der Waals surface area contributed by atoms with Gasteiger partial charge in [0.15, 0.2) is 5.41 Å². The van der Waals surface area contributed by atoms with Crippen LogP contribution < -0.4 is 0 Å². The predicted octanol–water partition coefficient (Wildman–Crippen LogP) is 6.79. The molecular weight excluding hydrogens is 520 g/mol. The van der Waals surface area contributed by atoms with E-state index in [-0.39, 0.29) is 29.7 Å². The van der Waals surface area contributed by atoms with Crippen molar-refractivity contribution in [3.05, 3.63) is 35.9 Å². The van der Waals surface area contributed by atoms with Crippen LogP contribution in [0.3, 0.4) is 0 Å². The molecule has 2 bridgehead atoms. The summed E-state index contributed by atoms with van der Waals surface area (Å²) in [7, 11) is -3.60. The Hall–Kier alpha value is -1.91. The van der Waals surface area contributed by atoms with E-state index in [0.29, 0.717) is 12.3 Å². The molecular formula is C33H48N2O4S. The summed E-state index contributed by atoms with van der Waals surface area (Å²) in [6.07, 6.45) is 12.7. The van der Waals surface area contributed by atoms with E-state index in [1.807, 2.05) is 34.6 Å². The predicted molar refractivity (Wildman–Crippen MR) is 157 cm³/mol. The van der Waals surface area contributed by atoms with Crippen molar-refractivity contribution in [2.45, 2.75) is 129 Å². The number of carbonyl (C=O) groups excluding carboxylic acids is 1. The standard InChI is InChI=1S/C33H48N2O4S/c1-31(2)26-19-20-33(31,29(21-26)39-30(36)32(3,23-34)22-25-13-7-4-8-14-25)24-40(37,38)35(27-15-9-5-10-16-27)28-17-11-6-12-18-28/h4,7-8,13-14,26-29H,5-6,9-12,15-22,24H2,1-3H3/t26-,29-,32-,33-/m1/s1. The average molecular weight is 569 g/mol. The summed E-state index contributed by atoms with van der Waals surface area (Å²) < 4.78 is 37.5. The van der Waals surface area contributed by atoms with E-state index in [2.05, 4.69) is 19.9 Å². The minimum absolute atomic E-state index is 0.0381. The second kappa shape index (κ2) is 11.4. The fourth-order valence-electron chi connectivity index (χ4n) is 8.75. The number of fused-ring (bicyclic) bond motifs is 2. The molecule has 5 rings (SSSR count). The van der Waals surface area contributed by atoms with Gasteiger partial charge in [-0.15, -0.1) is 0 Å². The minimum Gasteiger partial charge on any atom is -0.461 e. The van der Waals surface area contributed by atoms with Gasteiger partial charge in [0.1, 0.15) is 6.10 Å². The maximum Gasteiger partial charge on any atom is 0.326 e. The Morgan fingerprint density at radius 2 is 1.57 bits per heavy atom. The van der Waals surface area contributed by atoms with E-state index in [9.17, 15) is 18.5 Å². The lowest BCUT2D eigenvalue weighted by Gasteiger charge is -2.46. The summed E-state index contributed by atoms with van der Waals surface area (Å²) in [4.78, 5) is 13.7. The molecule has 0 heterocycles. The number of hydrogen-bond acceptors (Lipinski definition) is 5. The van der Waals surface area contributed by atoms with Gasteiger partial charge in [-0.2, -0.15) is 9.57 Å². The quantitative estimate of drug-likeness (QED) is 0.306. The number of rotatable bonds is 9. The van der Waals surface area contributed by atoms with Crippen LogP contribution >= 0.6 is 0 Å². The monoisotopic (exact) mass is 568 g/mol. The maximum atomic E-state index is 14.6. The molecule has 0 saturated heterocycles. The highest BCUT2D eigenvalue weighted by molar-refractivity contribution is 7.89. The van der Waals surface area contributed by atoms with Crippen LogP contribution in [0.25, 0.3) is 0 Å². The highest BCUT2D eigenvalue weighted by atomic mass is 32.2. The lowest BCUT2D eigenvalue weighted by molar-refractivity contribution is -0.165. The van der Waals surface area contributed by atoms with Crippen molar-refractivity contribution in [1.82, 2.24) is 4.31 Å². The fraction of sp³-hybridized carbons (Fsp3) is 0.758. The lowest BCUT2D eigenvalue weighted by atomic mass is 9.69. The molecule has 0 amide bonds. The third-order valence-electron chi connectivity index (χ3n) is 11.3. The molecule has 0 unspecified atom stereocenters. The van der Waals surface area contributed by atoms with Gasteiger partial charge in [-0.3, -0.25) is 4.79 Å². The van der Waals surface area contributed by atoms with Crippen molar-refractivity contribution < 1.29 is 17.9 Å². The van der Waals surface area contributed by atoms with Crippen LogP contribution in [0.1, 0.15) is 110 Å². The van der Waals surface area contributed by atoms with E-state index in [4.69, 9.17) is 4.74 Å². The van der Waals surface area contributed by atoms with Crippen LogP contribution in [0.15, 0.2) is 30.3 Å². The summed E-state index contributed by atoms with van der Waals surface area (Å²) in [5, 5.41) is 10.1. The number of nitrogens with zero attached hydrogens (tertiary/aromatic N) is 2. The van der Waals surface area contributed by atoms with Crippen LogP contribution in [-0.4, -0.2) is 42.6 Å². The molecule has 6 nitrogen and oxygen atoms in total. The molecule has 1 aromatic rings. The highest BCUT2D eigenvalue weighted by Crippen LogP contribution is 2.67. The van der Waals surface area contributed by atoms with Crippen LogP contribution in [0.2, 0.25) is 0 Å². The Morgan fingerprint density at radius 3 is 2.10 bits per heavy atom. The highest BCUT2D eigenvalue weighted by Gasteiger charge is 2.67. The Labute approximate surface area is 241 Å². The molecule has 0 aliphatic heterocycles. The van der Waals surface area contributed by atoms with Crippen LogP contribution in [0.5, 0.6) is 0 Å². The van der Waals surface area contributed by atoms with Gasteiger partial charge in [-0.25, -0.2) is 8.42 Å². The van der Waals surface area contributed by atoms with Gasteiger partial charge in [0.2, 0.25) is 10.0 Å². The molecule has 220 valence electrons. The Kier molecular flexibility index (Phi) is 8.43. The summed E-state index contributed by atoms with van der Waals surface area (Å²) in [5.41, 5.74) is -1.33. The van der Waals surface area contributed by atoms with Crippen LogP contribution in [-0.2, 0) is 26.0 Å². The van der Waals surface area contributed by atoms with E-state index >= 15 is 0 Å². The van der Waals surface area contributed by atoms with Crippen molar-refractivity contribution in [2.24, 2.45) is 22.2 Å². The molecule has 0 spiro atoms. The first-order chi connectivity index (χ1) is 19.0. The molecule has 4 saturated carbocycles. The number of benzene rings is 1. The van der Waals surface area contributed by atoms with Crippen molar-refractivity contribution in [3.63, 3.8) is 0 Å². The topological polar surface area (TPSA) is 87.5 Å². The van der Waals surface area contributed by atoms with Crippen LogP contribution in [0, 0.1) is 33.5 Å². The van der Waals surface area contributed by atoms with E-state index < -0.39 is 32.9 Å². The normalized spacial score (nSPS) is 30.6. The summed E-state index contributed by atoms with van der Waals surface area (Å²) in [5.74, 6) is -0.183. The van der Waals surface area contributed by atoms with Gasteiger partial charge in [0.05, 0.1) is 11.8 Å². The van der Waals surface area contributed by atoms with Gasteiger partial charge >= 0.3 is 5.97 Å². The maximum absolute atomic E-state index is 14.6. The van der Waals surface area contributed by atoms with Crippen molar-refractivity contribution in [1.29, 1.82) is 5.26 Å². The first-order valence-corrected chi connectivity index (χ1v) is 17.3. The third-order valence-corrected chi connectivity index (χ3v) is 13.5. The second-order valence-corrected chi connectivity index (χ2v) is 15.9. The largest absolute Gasteiger partial charge is 0.461 e. The number of esters is 1. The zero-order valence-electron chi connectivity index (χ0n) is 24.7.